The van der Waals surface area contributed by atoms with E-state index in [0.29, 0.717) is 10.6 Å². The molecule has 1 aromatic carbocycles. The van der Waals surface area contributed by atoms with Crippen molar-refractivity contribution in [3.63, 3.8) is 0 Å². The average molecular weight is 288 g/mol. The van der Waals surface area contributed by atoms with Gasteiger partial charge in [-0.15, -0.1) is 0 Å². The summed E-state index contributed by atoms with van der Waals surface area (Å²) in [5, 5.41) is 0.549. The maximum atomic E-state index is 12.3. The molecule has 1 fully saturated rings. The lowest BCUT2D eigenvalue weighted by Gasteiger charge is -2.19. The van der Waals surface area contributed by atoms with Gasteiger partial charge in [0, 0.05) is 5.56 Å². The smallest absolute Gasteiger partial charge is 0.181 e. The summed E-state index contributed by atoms with van der Waals surface area (Å²) in [7, 11) is 0. The second-order valence-corrected chi connectivity index (χ2v) is 5.91. The third-order valence-electron chi connectivity index (χ3n) is 2.92. The zero-order chi connectivity index (χ0) is 10.9. The number of rotatable bonds is 2. The second-order valence-electron chi connectivity index (χ2n) is 3.98. The highest BCUT2D eigenvalue weighted by Gasteiger charge is 2.39. The molecule has 1 nitrogen and oxygen atoms in total. The molecule has 3 heteroatoms. The van der Waals surface area contributed by atoms with E-state index in [-0.39, 0.29) is 10.1 Å². The van der Waals surface area contributed by atoms with E-state index >= 15 is 0 Å². The molecule has 0 bridgehead atoms. The average Bonchev–Trinajstić information content (AvgIpc) is 2.66. The third kappa shape index (κ3) is 2.11. The number of carbonyl (C=O) groups is 1. The highest BCUT2D eigenvalue weighted by Crippen LogP contribution is 2.41. The monoisotopic (exact) mass is 286 g/mol. The van der Waals surface area contributed by atoms with Gasteiger partial charge in [-0.1, -0.05) is 52.5 Å². The lowest BCUT2D eigenvalue weighted by molar-refractivity contribution is 0.0948. The topological polar surface area (TPSA) is 17.1 Å². The molecule has 1 aromatic rings. The van der Waals surface area contributed by atoms with Crippen molar-refractivity contribution in [3.05, 3.63) is 34.9 Å². The number of halogens is 2. The molecule has 0 atom stereocenters. The van der Waals surface area contributed by atoms with Crippen molar-refractivity contribution in [2.45, 2.75) is 30.0 Å². The van der Waals surface area contributed by atoms with Crippen LogP contribution in [0.2, 0.25) is 5.02 Å². The first-order chi connectivity index (χ1) is 7.13. The molecule has 0 aliphatic heterocycles. The molecule has 0 unspecified atom stereocenters. The third-order valence-corrected chi connectivity index (χ3v) is 4.40. The number of carbonyl (C=O) groups excluding carboxylic acids is 1. The van der Waals surface area contributed by atoms with Crippen molar-refractivity contribution in [3.8, 4) is 0 Å². The molecule has 0 radical (unpaired) electrons. The lowest BCUT2D eigenvalue weighted by Crippen LogP contribution is -2.28. The Morgan fingerprint density at radius 2 is 1.87 bits per heavy atom. The van der Waals surface area contributed by atoms with Gasteiger partial charge in [-0.05, 0) is 25.0 Å². The van der Waals surface area contributed by atoms with E-state index in [2.05, 4.69) is 15.9 Å². The first-order valence-electron chi connectivity index (χ1n) is 5.12. The van der Waals surface area contributed by atoms with Crippen molar-refractivity contribution >= 4 is 33.3 Å². The Hall–Kier alpha value is -0.340. The number of hydrogen-bond acceptors (Lipinski definition) is 1. The van der Waals surface area contributed by atoms with E-state index in [1.807, 2.05) is 12.1 Å². The number of hydrogen-bond donors (Lipinski definition) is 0. The van der Waals surface area contributed by atoms with Gasteiger partial charge in [0.25, 0.3) is 0 Å². The van der Waals surface area contributed by atoms with Crippen LogP contribution in [0.15, 0.2) is 24.3 Å². The normalized spacial score (nSPS) is 19.1. The lowest BCUT2D eigenvalue weighted by atomic mass is 9.96. The fourth-order valence-electron chi connectivity index (χ4n) is 2.05. The maximum absolute atomic E-state index is 12.3. The first kappa shape index (κ1) is 11.2. The van der Waals surface area contributed by atoms with Gasteiger partial charge in [0.2, 0.25) is 0 Å². The SMILES string of the molecule is O=C(c1ccccc1Cl)C1(Br)CCCC1. The molecule has 1 aliphatic carbocycles. The van der Waals surface area contributed by atoms with E-state index in [1.54, 1.807) is 12.1 Å². The molecule has 15 heavy (non-hydrogen) atoms. The van der Waals surface area contributed by atoms with Crippen LogP contribution in [0.25, 0.3) is 0 Å². The molecule has 0 spiro atoms. The molecule has 0 saturated heterocycles. The number of ketones is 1. The summed E-state index contributed by atoms with van der Waals surface area (Å²) in [5.74, 6) is 0.130. The largest absolute Gasteiger partial charge is 0.293 e. The van der Waals surface area contributed by atoms with Crippen LogP contribution in [0, 0.1) is 0 Å². The van der Waals surface area contributed by atoms with Crippen LogP contribution in [0.4, 0.5) is 0 Å². The van der Waals surface area contributed by atoms with Gasteiger partial charge in [0.05, 0.1) is 9.35 Å². The Kier molecular flexibility index (Phi) is 3.17. The van der Waals surface area contributed by atoms with Gasteiger partial charge >= 0.3 is 0 Å². The molecule has 2 rings (SSSR count). The molecule has 80 valence electrons. The van der Waals surface area contributed by atoms with Gasteiger partial charge in [0.15, 0.2) is 5.78 Å². The van der Waals surface area contributed by atoms with Crippen LogP contribution in [-0.2, 0) is 0 Å². The molecule has 0 heterocycles. The van der Waals surface area contributed by atoms with Crippen molar-refractivity contribution < 1.29 is 4.79 Å². The van der Waals surface area contributed by atoms with Gasteiger partial charge < -0.3 is 0 Å². The van der Waals surface area contributed by atoms with Crippen molar-refractivity contribution in [1.29, 1.82) is 0 Å². The Balaban J connectivity index is 2.32. The Morgan fingerprint density at radius 3 is 2.47 bits per heavy atom. The van der Waals surface area contributed by atoms with E-state index < -0.39 is 0 Å². The van der Waals surface area contributed by atoms with Gasteiger partial charge in [-0.2, -0.15) is 0 Å². The fraction of sp³-hybridized carbons (Fsp3) is 0.417. The summed E-state index contributed by atoms with van der Waals surface area (Å²) in [6.45, 7) is 0. The fourth-order valence-corrected chi connectivity index (χ4v) is 3.05. The molecule has 0 N–H and O–H groups in total. The summed E-state index contributed by atoms with van der Waals surface area (Å²) in [6.07, 6.45) is 4.05. The Morgan fingerprint density at radius 1 is 1.27 bits per heavy atom. The number of Topliss-reactive ketones (excluding diaryl/α,β-unsaturated/α-hetero) is 1. The van der Waals surface area contributed by atoms with Crippen LogP contribution in [0.5, 0.6) is 0 Å². The Labute approximate surface area is 103 Å². The summed E-state index contributed by atoms with van der Waals surface area (Å²) < 4.78 is -0.363. The van der Waals surface area contributed by atoms with Crippen molar-refractivity contribution in [1.82, 2.24) is 0 Å². The van der Waals surface area contributed by atoms with Crippen LogP contribution in [0.3, 0.4) is 0 Å². The molecular weight excluding hydrogens is 275 g/mol. The van der Waals surface area contributed by atoms with E-state index in [1.165, 1.54) is 0 Å². The summed E-state index contributed by atoms with van der Waals surface area (Å²) in [4.78, 5) is 12.3. The van der Waals surface area contributed by atoms with Crippen molar-refractivity contribution in [2.24, 2.45) is 0 Å². The predicted octanol–water partition coefficient (Wildman–Crippen LogP) is 4.23. The van der Waals surface area contributed by atoms with Gasteiger partial charge in [0.1, 0.15) is 0 Å². The number of benzene rings is 1. The zero-order valence-corrected chi connectivity index (χ0v) is 10.6. The highest BCUT2D eigenvalue weighted by molar-refractivity contribution is 9.10. The van der Waals surface area contributed by atoms with Crippen LogP contribution in [0.1, 0.15) is 36.0 Å². The van der Waals surface area contributed by atoms with Crippen LogP contribution in [-0.4, -0.2) is 10.1 Å². The Bertz CT molecular complexity index is 383. The minimum absolute atomic E-state index is 0.130. The highest BCUT2D eigenvalue weighted by atomic mass is 79.9. The quantitative estimate of drug-likeness (QED) is 0.587. The molecular formula is C12H12BrClO. The predicted molar refractivity (Wildman–Crippen MR) is 65.9 cm³/mol. The molecule has 0 amide bonds. The van der Waals surface area contributed by atoms with E-state index in [9.17, 15) is 4.79 Å². The van der Waals surface area contributed by atoms with Gasteiger partial charge in [-0.3, -0.25) is 4.79 Å². The van der Waals surface area contributed by atoms with Crippen LogP contribution >= 0.6 is 27.5 Å². The minimum Gasteiger partial charge on any atom is -0.293 e. The van der Waals surface area contributed by atoms with Crippen LogP contribution < -0.4 is 0 Å². The minimum atomic E-state index is -0.363. The zero-order valence-electron chi connectivity index (χ0n) is 8.30. The number of alkyl halides is 1. The van der Waals surface area contributed by atoms with E-state index in [4.69, 9.17) is 11.6 Å². The van der Waals surface area contributed by atoms with Crippen molar-refractivity contribution in [2.75, 3.05) is 0 Å². The summed E-state index contributed by atoms with van der Waals surface area (Å²) >= 11 is 9.59. The molecule has 1 saturated carbocycles. The van der Waals surface area contributed by atoms with Gasteiger partial charge in [-0.25, -0.2) is 0 Å². The second kappa shape index (κ2) is 4.26. The van der Waals surface area contributed by atoms with E-state index in [0.717, 1.165) is 25.7 Å². The molecule has 0 aromatic heterocycles. The summed E-state index contributed by atoms with van der Waals surface area (Å²) in [6, 6.07) is 7.26. The molecule has 1 aliphatic rings. The maximum Gasteiger partial charge on any atom is 0.181 e. The summed E-state index contributed by atoms with van der Waals surface area (Å²) in [5.41, 5.74) is 0.637. The first-order valence-corrected chi connectivity index (χ1v) is 6.29. The standard InChI is InChI=1S/C12H12BrClO/c13-12(7-3-4-8-12)11(15)9-5-1-2-6-10(9)14/h1-2,5-6H,3-4,7-8H2.